The van der Waals surface area contributed by atoms with E-state index in [-0.39, 0.29) is 0 Å². The Hall–Kier alpha value is -0.120. The molecule has 1 aliphatic heterocycles. The van der Waals surface area contributed by atoms with Crippen molar-refractivity contribution in [3.63, 3.8) is 0 Å². The van der Waals surface area contributed by atoms with Gasteiger partial charge in [-0.3, -0.25) is 0 Å². The summed E-state index contributed by atoms with van der Waals surface area (Å²) in [6, 6.07) is 0. The standard InChI is InChI=1S/C6H7ClN2S/c7-6-9-3-5(10-6)4-1-8-2-4/h3-4,8H,1-2H2. The molecule has 1 aromatic heterocycles. The summed E-state index contributed by atoms with van der Waals surface area (Å²) < 4.78 is 0.655. The second-order valence-electron chi connectivity index (χ2n) is 2.37. The van der Waals surface area contributed by atoms with Gasteiger partial charge in [0.15, 0.2) is 4.47 Å². The molecule has 1 saturated heterocycles. The molecule has 0 radical (unpaired) electrons. The van der Waals surface area contributed by atoms with Crippen LogP contribution in [-0.4, -0.2) is 18.1 Å². The minimum atomic E-state index is 0.655. The van der Waals surface area contributed by atoms with E-state index in [1.165, 1.54) is 4.88 Å². The van der Waals surface area contributed by atoms with Crippen molar-refractivity contribution < 1.29 is 0 Å². The fourth-order valence-electron chi connectivity index (χ4n) is 0.943. The molecular formula is C6H7ClN2S. The highest BCUT2D eigenvalue weighted by Crippen LogP contribution is 2.27. The van der Waals surface area contributed by atoms with Crippen LogP contribution in [0.4, 0.5) is 0 Å². The van der Waals surface area contributed by atoms with E-state index in [0.29, 0.717) is 10.4 Å². The number of nitrogens with zero attached hydrogens (tertiary/aromatic N) is 1. The second kappa shape index (κ2) is 2.49. The van der Waals surface area contributed by atoms with E-state index in [4.69, 9.17) is 11.6 Å². The number of halogens is 1. The van der Waals surface area contributed by atoms with Crippen LogP contribution in [0.3, 0.4) is 0 Å². The molecule has 1 aromatic rings. The highest BCUT2D eigenvalue weighted by molar-refractivity contribution is 7.15. The quantitative estimate of drug-likeness (QED) is 0.698. The Morgan fingerprint density at radius 2 is 2.50 bits per heavy atom. The van der Waals surface area contributed by atoms with Gasteiger partial charge in [0.05, 0.1) is 0 Å². The minimum Gasteiger partial charge on any atom is -0.315 e. The van der Waals surface area contributed by atoms with Gasteiger partial charge in [-0.15, -0.1) is 11.3 Å². The first-order valence-electron chi connectivity index (χ1n) is 3.18. The molecule has 2 heterocycles. The Balaban J connectivity index is 2.17. The average molecular weight is 175 g/mol. The van der Waals surface area contributed by atoms with Gasteiger partial charge in [-0.05, 0) is 0 Å². The molecule has 10 heavy (non-hydrogen) atoms. The van der Waals surface area contributed by atoms with Crippen LogP contribution < -0.4 is 5.32 Å². The van der Waals surface area contributed by atoms with Crippen molar-refractivity contribution in [2.45, 2.75) is 5.92 Å². The van der Waals surface area contributed by atoms with Crippen molar-refractivity contribution in [2.75, 3.05) is 13.1 Å². The van der Waals surface area contributed by atoms with Gasteiger partial charge in [-0.1, -0.05) is 11.6 Å². The number of thiazole rings is 1. The van der Waals surface area contributed by atoms with Gasteiger partial charge in [0.25, 0.3) is 0 Å². The highest BCUT2D eigenvalue weighted by atomic mass is 35.5. The molecule has 1 N–H and O–H groups in total. The summed E-state index contributed by atoms with van der Waals surface area (Å²) in [6.07, 6.45) is 1.87. The first-order valence-corrected chi connectivity index (χ1v) is 4.37. The lowest BCUT2D eigenvalue weighted by atomic mass is 10.0. The van der Waals surface area contributed by atoms with Crippen LogP contribution >= 0.6 is 22.9 Å². The fraction of sp³-hybridized carbons (Fsp3) is 0.500. The van der Waals surface area contributed by atoms with Gasteiger partial charge in [-0.25, -0.2) is 4.98 Å². The molecule has 2 nitrogen and oxygen atoms in total. The summed E-state index contributed by atoms with van der Waals surface area (Å²) in [7, 11) is 0. The molecule has 0 aliphatic carbocycles. The largest absolute Gasteiger partial charge is 0.315 e. The molecule has 2 rings (SSSR count). The topological polar surface area (TPSA) is 24.9 Å². The predicted molar refractivity (Wildman–Crippen MR) is 42.7 cm³/mol. The molecule has 0 saturated carbocycles. The van der Waals surface area contributed by atoms with Crippen LogP contribution in [0, 0.1) is 0 Å². The van der Waals surface area contributed by atoms with Crippen molar-refractivity contribution in [3.05, 3.63) is 15.5 Å². The van der Waals surface area contributed by atoms with Crippen molar-refractivity contribution in [1.29, 1.82) is 0 Å². The SMILES string of the molecule is Clc1ncc(C2CNC2)s1. The maximum Gasteiger partial charge on any atom is 0.183 e. The summed E-state index contributed by atoms with van der Waals surface area (Å²) in [5.74, 6) is 0.671. The number of rotatable bonds is 1. The molecule has 0 spiro atoms. The van der Waals surface area contributed by atoms with Crippen LogP contribution in [0.5, 0.6) is 0 Å². The molecule has 0 amide bonds. The molecule has 0 bridgehead atoms. The number of hydrogen-bond acceptors (Lipinski definition) is 3. The smallest absolute Gasteiger partial charge is 0.183 e. The van der Waals surface area contributed by atoms with Gasteiger partial charge in [0.2, 0.25) is 0 Å². The van der Waals surface area contributed by atoms with Gasteiger partial charge in [0, 0.05) is 30.1 Å². The Morgan fingerprint density at radius 1 is 1.70 bits per heavy atom. The maximum absolute atomic E-state index is 5.67. The van der Waals surface area contributed by atoms with E-state index in [1.54, 1.807) is 11.3 Å². The van der Waals surface area contributed by atoms with Crippen molar-refractivity contribution in [1.82, 2.24) is 10.3 Å². The molecule has 1 fully saturated rings. The van der Waals surface area contributed by atoms with Gasteiger partial charge >= 0.3 is 0 Å². The van der Waals surface area contributed by atoms with E-state index in [0.717, 1.165) is 13.1 Å². The Morgan fingerprint density at radius 3 is 2.90 bits per heavy atom. The molecule has 4 heteroatoms. The predicted octanol–water partition coefficient (Wildman–Crippen LogP) is 1.48. The molecule has 0 unspecified atom stereocenters. The molecule has 1 aliphatic rings. The molecule has 0 aromatic carbocycles. The van der Waals surface area contributed by atoms with Crippen LogP contribution in [0.25, 0.3) is 0 Å². The maximum atomic E-state index is 5.67. The number of nitrogens with one attached hydrogen (secondary N) is 1. The summed E-state index contributed by atoms with van der Waals surface area (Å²) in [5.41, 5.74) is 0. The summed E-state index contributed by atoms with van der Waals surface area (Å²) in [4.78, 5) is 5.28. The van der Waals surface area contributed by atoms with Gasteiger partial charge in [0.1, 0.15) is 0 Å². The normalized spacial score (nSPS) is 18.9. The lowest BCUT2D eigenvalue weighted by molar-refractivity contribution is 0.454. The molecule has 0 atom stereocenters. The number of aromatic nitrogens is 1. The van der Waals surface area contributed by atoms with Crippen LogP contribution in [0.15, 0.2) is 6.20 Å². The van der Waals surface area contributed by atoms with Crippen molar-refractivity contribution in [3.8, 4) is 0 Å². The zero-order chi connectivity index (χ0) is 6.97. The van der Waals surface area contributed by atoms with Gasteiger partial charge < -0.3 is 5.32 Å². The summed E-state index contributed by atoms with van der Waals surface area (Å²) in [6.45, 7) is 2.16. The fourth-order valence-corrected chi connectivity index (χ4v) is 2.00. The highest BCUT2D eigenvalue weighted by Gasteiger charge is 2.20. The van der Waals surface area contributed by atoms with Crippen molar-refractivity contribution in [2.24, 2.45) is 0 Å². The third-order valence-corrected chi connectivity index (χ3v) is 2.96. The summed E-state index contributed by atoms with van der Waals surface area (Å²) >= 11 is 7.26. The van der Waals surface area contributed by atoms with E-state index >= 15 is 0 Å². The third kappa shape index (κ3) is 1.05. The Labute approximate surface area is 68.2 Å². The summed E-state index contributed by atoms with van der Waals surface area (Å²) in [5, 5.41) is 3.20. The van der Waals surface area contributed by atoms with Crippen LogP contribution in [0.2, 0.25) is 4.47 Å². The monoisotopic (exact) mass is 174 g/mol. The van der Waals surface area contributed by atoms with Crippen molar-refractivity contribution >= 4 is 22.9 Å². The van der Waals surface area contributed by atoms with E-state index in [9.17, 15) is 0 Å². The van der Waals surface area contributed by atoms with E-state index in [1.807, 2.05) is 6.20 Å². The zero-order valence-corrected chi connectivity index (χ0v) is 6.87. The molecule has 54 valence electrons. The Bertz CT molecular complexity index is 231. The number of hydrogen-bond donors (Lipinski definition) is 1. The lowest BCUT2D eigenvalue weighted by Crippen LogP contribution is -2.39. The zero-order valence-electron chi connectivity index (χ0n) is 5.30. The first kappa shape index (κ1) is 6.58. The minimum absolute atomic E-state index is 0.655. The van der Waals surface area contributed by atoms with Gasteiger partial charge in [-0.2, -0.15) is 0 Å². The van der Waals surface area contributed by atoms with Crippen LogP contribution in [-0.2, 0) is 0 Å². The van der Waals surface area contributed by atoms with E-state index in [2.05, 4.69) is 10.3 Å². The molecular weight excluding hydrogens is 168 g/mol. The second-order valence-corrected chi connectivity index (χ2v) is 4.02. The Kier molecular flexibility index (Phi) is 1.64. The third-order valence-electron chi connectivity index (χ3n) is 1.68. The average Bonchev–Trinajstić information content (AvgIpc) is 2.10. The van der Waals surface area contributed by atoms with E-state index < -0.39 is 0 Å². The lowest BCUT2D eigenvalue weighted by Gasteiger charge is -2.25. The van der Waals surface area contributed by atoms with Crippen LogP contribution in [0.1, 0.15) is 10.8 Å². The first-order chi connectivity index (χ1) is 4.86.